The molecule has 24 heavy (non-hydrogen) atoms. The van der Waals surface area contributed by atoms with E-state index in [2.05, 4.69) is 0 Å². The van der Waals surface area contributed by atoms with Crippen molar-refractivity contribution in [1.29, 1.82) is 0 Å². The van der Waals surface area contributed by atoms with Crippen LogP contribution >= 0.6 is 0 Å². The van der Waals surface area contributed by atoms with E-state index in [1.807, 2.05) is 0 Å². The first-order valence-corrected chi connectivity index (χ1v) is 6.84. The molecule has 0 bridgehead atoms. The molecule has 0 aromatic heterocycles. The first kappa shape index (κ1) is 21.1. The Labute approximate surface area is 135 Å². The molecule has 1 heterocycles. The molecule has 1 saturated heterocycles. The monoisotopic (exact) mass is 358 g/mol. The number of hydrazine groups is 1. The lowest BCUT2D eigenvalue weighted by atomic mass is 9.99. The Bertz CT molecular complexity index is 409. The molecule has 13 heteroatoms. The number of nitrogens with two attached hydrogens (primary N) is 1. The molecule has 1 amide bonds. The number of carbonyl (C=O) groups excluding carboxylic acids is 1. The molecular weight excluding hydrogens is 336 g/mol. The van der Waals surface area contributed by atoms with Gasteiger partial charge in [0.25, 0.3) is 5.91 Å². The zero-order valence-electron chi connectivity index (χ0n) is 12.3. The van der Waals surface area contributed by atoms with Gasteiger partial charge >= 0.3 is 0 Å². The number of aliphatic hydroxyl groups is 8. The van der Waals surface area contributed by atoms with Crippen molar-refractivity contribution in [1.82, 2.24) is 5.43 Å². The molecule has 142 valence electrons. The van der Waals surface area contributed by atoms with E-state index in [0.717, 1.165) is 0 Å². The molecule has 0 spiro atoms. The molecule has 0 radical (unpaired) electrons. The van der Waals surface area contributed by atoms with Crippen molar-refractivity contribution in [3.05, 3.63) is 0 Å². The van der Waals surface area contributed by atoms with E-state index in [0.29, 0.717) is 0 Å². The van der Waals surface area contributed by atoms with Gasteiger partial charge in [-0.25, -0.2) is 5.84 Å². The van der Waals surface area contributed by atoms with Gasteiger partial charge in [-0.1, -0.05) is 0 Å². The van der Waals surface area contributed by atoms with Gasteiger partial charge in [0.2, 0.25) is 0 Å². The van der Waals surface area contributed by atoms with Crippen molar-refractivity contribution in [2.75, 3.05) is 6.61 Å². The Morgan fingerprint density at radius 3 is 2.17 bits per heavy atom. The number of nitrogens with one attached hydrogen (secondary N) is 1. The van der Waals surface area contributed by atoms with Gasteiger partial charge in [0.15, 0.2) is 18.7 Å². The fourth-order valence-corrected chi connectivity index (χ4v) is 2.08. The minimum Gasteiger partial charge on any atom is -0.394 e. The van der Waals surface area contributed by atoms with E-state index in [4.69, 9.17) is 20.4 Å². The predicted molar refractivity (Wildman–Crippen MR) is 71.2 cm³/mol. The topological polar surface area (TPSA) is 235 Å². The van der Waals surface area contributed by atoms with Crippen LogP contribution in [-0.4, -0.2) is 109 Å². The average Bonchev–Trinajstić information content (AvgIpc) is 2.56. The van der Waals surface area contributed by atoms with Gasteiger partial charge in [-0.3, -0.25) is 10.2 Å². The number of aliphatic hydroxyl groups excluding tert-OH is 7. The second kappa shape index (κ2) is 8.93. The maximum Gasteiger partial charge on any atom is 0.265 e. The summed E-state index contributed by atoms with van der Waals surface area (Å²) >= 11 is 0. The molecule has 1 aliphatic heterocycles. The Morgan fingerprint density at radius 2 is 1.71 bits per heavy atom. The van der Waals surface area contributed by atoms with Crippen LogP contribution in [0.5, 0.6) is 0 Å². The summed E-state index contributed by atoms with van der Waals surface area (Å²) in [6.07, 6.45) is -17.5. The van der Waals surface area contributed by atoms with Crippen molar-refractivity contribution >= 4 is 5.91 Å². The SMILES string of the molecule is NNC(=O)C(O)C(O)C(OC1OC(CO)C(O)[C@H](O)[C@@H]1O)C(O)O. The van der Waals surface area contributed by atoms with E-state index >= 15 is 0 Å². The molecule has 8 atom stereocenters. The third-order valence-electron chi connectivity index (χ3n) is 3.50. The van der Waals surface area contributed by atoms with Gasteiger partial charge in [-0.05, 0) is 0 Å². The Balaban J connectivity index is 2.89. The van der Waals surface area contributed by atoms with Crippen LogP contribution in [0.1, 0.15) is 0 Å². The van der Waals surface area contributed by atoms with E-state index in [1.54, 1.807) is 0 Å². The van der Waals surface area contributed by atoms with E-state index in [1.165, 1.54) is 5.43 Å². The molecule has 0 aromatic rings. The standard InChI is InChI=1S/C11H22N2O11/c12-13-9(20)6(18)5(17)8(10(21)22)24-11-7(19)4(16)3(15)2(1-14)23-11/h2-8,10-11,14-19,21-22H,1,12H2,(H,13,20)/t2?,3?,4-,5?,6?,7-,8?,11?/m0/s1. The van der Waals surface area contributed by atoms with E-state index < -0.39 is 67.8 Å². The van der Waals surface area contributed by atoms with Gasteiger partial charge in [0.05, 0.1) is 6.61 Å². The molecule has 1 fully saturated rings. The van der Waals surface area contributed by atoms with Crippen LogP contribution in [0.3, 0.4) is 0 Å². The van der Waals surface area contributed by atoms with Gasteiger partial charge in [0.1, 0.15) is 36.6 Å². The number of carbonyl (C=O) groups is 1. The molecular formula is C11H22N2O11. The quantitative estimate of drug-likeness (QED) is 0.0884. The summed E-state index contributed by atoms with van der Waals surface area (Å²) in [6, 6.07) is 0. The summed E-state index contributed by atoms with van der Waals surface area (Å²) in [4.78, 5) is 11.2. The highest BCUT2D eigenvalue weighted by molar-refractivity contribution is 5.80. The normalized spacial score (nSPS) is 34.7. The minimum atomic E-state index is -2.44. The molecule has 11 N–H and O–H groups in total. The average molecular weight is 358 g/mol. The Kier molecular flexibility index (Phi) is 7.84. The van der Waals surface area contributed by atoms with Gasteiger partial charge < -0.3 is 50.3 Å². The number of ether oxygens (including phenoxy) is 2. The van der Waals surface area contributed by atoms with E-state index in [9.17, 15) is 40.5 Å². The molecule has 1 aliphatic rings. The molecule has 6 unspecified atom stereocenters. The first-order chi connectivity index (χ1) is 11.1. The minimum absolute atomic E-state index is 0.766. The van der Waals surface area contributed by atoms with Gasteiger partial charge in [-0.15, -0.1) is 0 Å². The van der Waals surface area contributed by atoms with Crippen LogP contribution < -0.4 is 11.3 Å². The zero-order chi connectivity index (χ0) is 18.6. The number of hydrogen-bond acceptors (Lipinski definition) is 12. The third kappa shape index (κ3) is 4.56. The lowest BCUT2D eigenvalue weighted by Crippen LogP contribution is -2.62. The van der Waals surface area contributed by atoms with Gasteiger partial charge in [0, 0.05) is 0 Å². The van der Waals surface area contributed by atoms with E-state index in [-0.39, 0.29) is 0 Å². The second-order valence-corrected chi connectivity index (χ2v) is 5.16. The largest absolute Gasteiger partial charge is 0.394 e. The van der Waals surface area contributed by atoms with Crippen LogP contribution in [0.15, 0.2) is 0 Å². The highest BCUT2D eigenvalue weighted by atomic mass is 16.7. The maximum atomic E-state index is 11.2. The van der Waals surface area contributed by atoms with Crippen LogP contribution in [0.4, 0.5) is 0 Å². The summed E-state index contributed by atoms with van der Waals surface area (Å²) in [7, 11) is 0. The molecule has 1 rings (SSSR count). The first-order valence-electron chi connectivity index (χ1n) is 6.84. The lowest BCUT2D eigenvalue weighted by Gasteiger charge is -2.41. The van der Waals surface area contributed by atoms with Crippen molar-refractivity contribution in [3.8, 4) is 0 Å². The van der Waals surface area contributed by atoms with Crippen molar-refractivity contribution in [2.24, 2.45) is 5.84 Å². The maximum absolute atomic E-state index is 11.2. The number of rotatable bonds is 7. The second-order valence-electron chi connectivity index (χ2n) is 5.16. The molecule has 13 nitrogen and oxygen atoms in total. The fourth-order valence-electron chi connectivity index (χ4n) is 2.08. The summed E-state index contributed by atoms with van der Waals surface area (Å²) in [5.74, 6) is 3.51. The predicted octanol–water partition coefficient (Wildman–Crippen LogP) is -6.81. The fraction of sp³-hybridized carbons (Fsp3) is 0.909. The van der Waals surface area contributed by atoms with Crippen LogP contribution in [0.2, 0.25) is 0 Å². The molecule has 0 saturated carbocycles. The number of amides is 1. The van der Waals surface area contributed by atoms with Crippen molar-refractivity contribution in [2.45, 2.75) is 55.3 Å². The molecule has 0 aromatic carbocycles. The lowest BCUT2D eigenvalue weighted by molar-refractivity contribution is -0.336. The van der Waals surface area contributed by atoms with Crippen LogP contribution in [0.25, 0.3) is 0 Å². The smallest absolute Gasteiger partial charge is 0.265 e. The van der Waals surface area contributed by atoms with Crippen molar-refractivity contribution in [3.63, 3.8) is 0 Å². The number of hydrogen-bond donors (Lipinski definition) is 10. The third-order valence-corrected chi connectivity index (χ3v) is 3.50. The highest BCUT2D eigenvalue weighted by Crippen LogP contribution is 2.24. The van der Waals surface area contributed by atoms with Crippen LogP contribution in [-0.2, 0) is 14.3 Å². The summed E-state index contributed by atoms with van der Waals surface area (Å²) in [5, 5.41) is 75.8. The zero-order valence-corrected chi connectivity index (χ0v) is 12.3. The van der Waals surface area contributed by atoms with Crippen molar-refractivity contribution < 1.29 is 55.1 Å². The summed E-state index contributed by atoms with van der Waals surface area (Å²) < 4.78 is 9.86. The summed E-state index contributed by atoms with van der Waals surface area (Å²) in [6.45, 7) is -0.766. The Hall–Kier alpha value is -0.970. The van der Waals surface area contributed by atoms with Gasteiger partial charge in [-0.2, -0.15) is 0 Å². The Morgan fingerprint density at radius 1 is 1.12 bits per heavy atom. The summed E-state index contributed by atoms with van der Waals surface area (Å²) in [5.41, 5.74) is 1.53. The van der Waals surface area contributed by atoms with Crippen LogP contribution in [0, 0.1) is 0 Å². The highest BCUT2D eigenvalue weighted by Gasteiger charge is 2.47. The molecule has 0 aliphatic carbocycles.